The lowest BCUT2D eigenvalue weighted by Crippen LogP contribution is -2.47. The van der Waals surface area contributed by atoms with E-state index in [0.29, 0.717) is 43.5 Å². The Hall–Kier alpha value is -5.17. The summed E-state index contributed by atoms with van der Waals surface area (Å²) < 4.78 is 5.44. The molecule has 0 aromatic heterocycles. The van der Waals surface area contributed by atoms with Gasteiger partial charge in [-0.15, -0.1) is 0 Å². The standard InChI is InChI=1S/C41H50N4O8S/c1-27(46)54-26-31(22-28-12-7-5-8-13-28)37(48)44-34(39(50)51)24-30-17-19-32(20-18-30)42-38(49)35-16-11-21-45(35)36(47)25-33(23-29-14-9-6-10-15-29)43-40(52)53-41(2,3)4/h5-10,12-15,17-20,31,33-35H,11,16,21-26H2,1-4H3,(H,42,49)(H,43,52)(H,44,48)(H,50,51). The van der Waals surface area contributed by atoms with Gasteiger partial charge in [-0.25, -0.2) is 9.59 Å². The molecule has 1 saturated heterocycles. The van der Waals surface area contributed by atoms with Crippen molar-refractivity contribution in [2.75, 3.05) is 17.6 Å². The van der Waals surface area contributed by atoms with Crippen LogP contribution in [0.1, 0.15) is 63.6 Å². The number of nitrogens with zero attached hydrogens (tertiary/aromatic N) is 1. The minimum atomic E-state index is -1.22. The largest absolute Gasteiger partial charge is 0.480 e. The molecule has 288 valence electrons. The smallest absolute Gasteiger partial charge is 0.407 e. The lowest BCUT2D eigenvalue weighted by molar-refractivity contribution is -0.142. The van der Waals surface area contributed by atoms with E-state index in [1.807, 2.05) is 60.7 Å². The fourth-order valence-corrected chi connectivity index (χ4v) is 6.94. The van der Waals surface area contributed by atoms with Crippen LogP contribution in [0.5, 0.6) is 0 Å². The number of carboxylic acids is 1. The first-order valence-corrected chi connectivity index (χ1v) is 19.1. The van der Waals surface area contributed by atoms with E-state index in [1.165, 1.54) is 6.92 Å². The highest BCUT2D eigenvalue weighted by Gasteiger charge is 2.35. The zero-order valence-electron chi connectivity index (χ0n) is 31.2. The van der Waals surface area contributed by atoms with Crippen LogP contribution in [0.3, 0.4) is 0 Å². The summed E-state index contributed by atoms with van der Waals surface area (Å²) in [7, 11) is 0. The molecule has 1 aliphatic rings. The Morgan fingerprint density at radius 2 is 1.43 bits per heavy atom. The summed E-state index contributed by atoms with van der Waals surface area (Å²) >= 11 is 1.03. The average molecular weight is 759 g/mol. The number of thioether (sulfide) groups is 1. The Kier molecular flexibility index (Phi) is 15.2. The Balaban J connectivity index is 1.36. The molecule has 4 amide bonds. The van der Waals surface area contributed by atoms with Crippen LogP contribution in [-0.4, -0.2) is 80.9 Å². The van der Waals surface area contributed by atoms with Crippen molar-refractivity contribution in [3.63, 3.8) is 0 Å². The van der Waals surface area contributed by atoms with E-state index in [1.54, 1.807) is 49.9 Å². The van der Waals surface area contributed by atoms with Gasteiger partial charge in [-0.2, -0.15) is 0 Å². The fourth-order valence-electron chi connectivity index (χ4n) is 6.23. The normalized spacial score (nSPS) is 15.7. The highest BCUT2D eigenvalue weighted by molar-refractivity contribution is 8.13. The second-order valence-electron chi connectivity index (χ2n) is 14.5. The number of ether oxygens (including phenoxy) is 1. The van der Waals surface area contributed by atoms with Crippen molar-refractivity contribution in [3.8, 4) is 0 Å². The van der Waals surface area contributed by atoms with Crippen LogP contribution in [0.25, 0.3) is 0 Å². The summed E-state index contributed by atoms with van der Waals surface area (Å²) in [6.07, 6.45) is 1.25. The van der Waals surface area contributed by atoms with Crippen LogP contribution in [0, 0.1) is 5.92 Å². The van der Waals surface area contributed by atoms with Gasteiger partial charge in [0, 0.05) is 43.8 Å². The summed E-state index contributed by atoms with van der Waals surface area (Å²) in [6, 6.07) is 23.0. The minimum Gasteiger partial charge on any atom is -0.480 e. The number of benzene rings is 3. The molecule has 13 heteroatoms. The monoisotopic (exact) mass is 758 g/mol. The number of carbonyl (C=O) groups excluding carboxylic acids is 5. The third kappa shape index (κ3) is 13.7. The van der Waals surface area contributed by atoms with Crippen LogP contribution >= 0.6 is 11.8 Å². The summed E-state index contributed by atoms with van der Waals surface area (Å²) in [4.78, 5) is 78.4. The molecule has 0 aliphatic carbocycles. The first-order valence-electron chi connectivity index (χ1n) is 18.1. The van der Waals surface area contributed by atoms with E-state index in [-0.39, 0.29) is 35.5 Å². The first kappa shape index (κ1) is 41.6. The number of nitrogens with one attached hydrogen (secondary N) is 3. The number of amides is 4. The van der Waals surface area contributed by atoms with E-state index in [9.17, 15) is 33.9 Å². The SMILES string of the molecule is CC(=O)SCC(Cc1ccccc1)C(=O)NC(Cc1ccc(NC(=O)C2CCCN2C(=O)CC(Cc2ccccc2)NC(=O)OC(C)(C)C)cc1)C(=O)O. The summed E-state index contributed by atoms with van der Waals surface area (Å²) in [5.74, 6) is -2.65. The van der Waals surface area contributed by atoms with Crippen LogP contribution in [0.15, 0.2) is 84.9 Å². The molecule has 3 aromatic rings. The van der Waals surface area contributed by atoms with Gasteiger partial charge in [-0.05, 0) is 75.3 Å². The second kappa shape index (κ2) is 19.8. The molecule has 3 aromatic carbocycles. The molecule has 4 N–H and O–H groups in total. The molecule has 4 unspecified atom stereocenters. The average Bonchev–Trinajstić information content (AvgIpc) is 3.61. The number of aliphatic carboxylic acids is 1. The molecular formula is C41H50N4O8S. The third-order valence-electron chi connectivity index (χ3n) is 8.80. The van der Waals surface area contributed by atoms with Gasteiger partial charge in [0.25, 0.3) is 0 Å². The van der Waals surface area contributed by atoms with Crippen molar-refractivity contribution in [1.29, 1.82) is 0 Å². The molecule has 4 atom stereocenters. The summed E-state index contributed by atoms with van der Waals surface area (Å²) in [5.41, 5.74) is 2.23. The van der Waals surface area contributed by atoms with Crippen molar-refractivity contribution >= 4 is 52.3 Å². The summed E-state index contributed by atoms with van der Waals surface area (Å²) in [5, 5.41) is 18.2. The number of anilines is 1. The predicted octanol–water partition coefficient (Wildman–Crippen LogP) is 5.39. The lowest BCUT2D eigenvalue weighted by atomic mass is 9.99. The van der Waals surface area contributed by atoms with Gasteiger partial charge >= 0.3 is 12.1 Å². The highest BCUT2D eigenvalue weighted by atomic mass is 32.2. The van der Waals surface area contributed by atoms with E-state index in [2.05, 4.69) is 16.0 Å². The Morgan fingerprint density at radius 3 is 2.00 bits per heavy atom. The van der Waals surface area contributed by atoms with Crippen molar-refractivity contribution in [2.45, 2.75) is 89.9 Å². The number of carboxylic acid groups (broad SMARTS) is 1. The van der Waals surface area contributed by atoms with Gasteiger partial charge in [-0.1, -0.05) is 84.6 Å². The zero-order valence-corrected chi connectivity index (χ0v) is 32.0. The maximum atomic E-state index is 13.6. The van der Waals surface area contributed by atoms with E-state index < -0.39 is 47.6 Å². The van der Waals surface area contributed by atoms with Crippen LogP contribution in [0.2, 0.25) is 0 Å². The minimum absolute atomic E-state index is 0.000405. The van der Waals surface area contributed by atoms with E-state index >= 15 is 0 Å². The number of alkyl carbamates (subject to hydrolysis) is 1. The molecule has 1 fully saturated rings. The van der Waals surface area contributed by atoms with Crippen molar-refractivity contribution in [1.82, 2.24) is 15.5 Å². The van der Waals surface area contributed by atoms with Gasteiger partial charge < -0.3 is 30.7 Å². The third-order valence-corrected chi connectivity index (χ3v) is 9.78. The molecule has 12 nitrogen and oxygen atoms in total. The van der Waals surface area contributed by atoms with Gasteiger partial charge in [0.2, 0.25) is 17.7 Å². The molecule has 1 aliphatic heterocycles. The maximum absolute atomic E-state index is 13.6. The number of carbonyl (C=O) groups is 6. The lowest BCUT2D eigenvalue weighted by Gasteiger charge is -2.27. The van der Waals surface area contributed by atoms with Crippen LogP contribution in [-0.2, 0) is 48.0 Å². The molecule has 0 bridgehead atoms. The van der Waals surface area contributed by atoms with Crippen molar-refractivity contribution in [3.05, 3.63) is 102 Å². The number of likely N-dealkylation sites (tertiary alicyclic amines) is 1. The van der Waals surface area contributed by atoms with E-state index in [0.717, 1.165) is 22.9 Å². The Morgan fingerprint density at radius 1 is 0.833 bits per heavy atom. The van der Waals surface area contributed by atoms with Gasteiger partial charge in [-0.3, -0.25) is 19.2 Å². The number of rotatable bonds is 16. The van der Waals surface area contributed by atoms with Crippen LogP contribution in [0.4, 0.5) is 10.5 Å². The van der Waals surface area contributed by atoms with Crippen LogP contribution < -0.4 is 16.0 Å². The van der Waals surface area contributed by atoms with Gasteiger partial charge in [0.05, 0.1) is 5.92 Å². The molecule has 4 rings (SSSR count). The Bertz CT molecular complexity index is 1750. The molecule has 0 spiro atoms. The molecule has 54 heavy (non-hydrogen) atoms. The highest BCUT2D eigenvalue weighted by Crippen LogP contribution is 2.23. The van der Waals surface area contributed by atoms with Gasteiger partial charge in [0.1, 0.15) is 17.7 Å². The van der Waals surface area contributed by atoms with E-state index in [4.69, 9.17) is 4.74 Å². The zero-order chi connectivity index (χ0) is 39.3. The van der Waals surface area contributed by atoms with Crippen molar-refractivity contribution in [2.24, 2.45) is 5.92 Å². The Labute approximate surface area is 320 Å². The van der Waals surface area contributed by atoms with Gasteiger partial charge in [0.15, 0.2) is 5.12 Å². The molecule has 1 heterocycles. The second-order valence-corrected chi connectivity index (χ2v) is 15.7. The topological polar surface area (TPSA) is 171 Å². The summed E-state index contributed by atoms with van der Waals surface area (Å²) in [6.45, 7) is 7.12. The quantitative estimate of drug-likeness (QED) is 0.150. The molecule has 0 radical (unpaired) electrons. The molecular weight excluding hydrogens is 709 g/mol. The number of hydrogen-bond acceptors (Lipinski definition) is 8. The maximum Gasteiger partial charge on any atom is 0.407 e. The molecule has 0 saturated carbocycles. The predicted molar refractivity (Wildman–Crippen MR) is 208 cm³/mol. The first-order chi connectivity index (χ1) is 25.7. The fraction of sp³-hybridized carbons (Fsp3) is 0.415. The number of hydrogen-bond donors (Lipinski definition) is 4. The van der Waals surface area contributed by atoms with Crippen molar-refractivity contribution < 1.29 is 38.6 Å².